The molecule has 4 unspecified atom stereocenters. The standard InChI is InChI=1S/C15H22O4/c1-11(16-7-13-8-17-13)6-15(12-4-2-3-5-12)19-10-14-9-18-14/h2-5,11-15H,6-10H2,1H3. The molecule has 2 aliphatic heterocycles. The Morgan fingerprint density at radius 2 is 1.63 bits per heavy atom. The molecule has 0 aromatic carbocycles. The van der Waals surface area contributed by atoms with Crippen LogP contribution < -0.4 is 0 Å². The van der Waals surface area contributed by atoms with E-state index in [9.17, 15) is 0 Å². The van der Waals surface area contributed by atoms with Gasteiger partial charge < -0.3 is 18.9 Å². The fourth-order valence-electron chi connectivity index (χ4n) is 2.26. The highest BCUT2D eigenvalue weighted by Gasteiger charge is 2.29. The molecule has 0 amide bonds. The first-order valence-electron chi connectivity index (χ1n) is 7.12. The van der Waals surface area contributed by atoms with E-state index in [1.807, 2.05) is 0 Å². The number of hydrogen-bond acceptors (Lipinski definition) is 4. The molecule has 1 aliphatic carbocycles. The summed E-state index contributed by atoms with van der Waals surface area (Å²) < 4.78 is 22.2. The Morgan fingerprint density at radius 3 is 2.21 bits per heavy atom. The van der Waals surface area contributed by atoms with E-state index in [1.54, 1.807) is 0 Å². The summed E-state index contributed by atoms with van der Waals surface area (Å²) in [5.74, 6) is 0.363. The van der Waals surface area contributed by atoms with E-state index in [2.05, 4.69) is 31.2 Å². The van der Waals surface area contributed by atoms with Gasteiger partial charge in [0.05, 0.1) is 38.6 Å². The van der Waals surface area contributed by atoms with E-state index < -0.39 is 0 Å². The minimum atomic E-state index is 0.175. The van der Waals surface area contributed by atoms with Crippen LogP contribution in [0.2, 0.25) is 0 Å². The van der Waals surface area contributed by atoms with Gasteiger partial charge in [-0.3, -0.25) is 0 Å². The van der Waals surface area contributed by atoms with Crippen LogP contribution in [-0.2, 0) is 18.9 Å². The third-order valence-electron chi connectivity index (χ3n) is 3.64. The van der Waals surface area contributed by atoms with Crippen molar-refractivity contribution in [2.45, 2.75) is 37.8 Å². The molecular weight excluding hydrogens is 244 g/mol. The van der Waals surface area contributed by atoms with Gasteiger partial charge in [0.1, 0.15) is 12.2 Å². The van der Waals surface area contributed by atoms with E-state index in [1.165, 1.54) is 0 Å². The molecule has 19 heavy (non-hydrogen) atoms. The first-order valence-corrected chi connectivity index (χ1v) is 7.12. The van der Waals surface area contributed by atoms with Gasteiger partial charge in [0, 0.05) is 12.3 Å². The van der Waals surface area contributed by atoms with Crippen LogP contribution >= 0.6 is 0 Å². The lowest BCUT2D eigenvalue weighted by Crippen LogP contribution is -2.28. The fraction of sp³-hybridized carbons (Fsp3) is 0.733. The third-order valence-corrected chi connectivity index (χ3v) is 3.64. The Hall–Kier alpha value is -0.680. The second-order valence-electron chi connectivity index (χ2n) is 5.51. The van der Waals surface area contributed by atoms with E-state index in [0.29, 0.717) is 31.3 Å². The summed E-state index contributed by atoms with van der Waals surface area (Å²) in [4.78, 5) is 0. The number of ether oxygens (including phenoxy) is 4. The molecule has 0 N–H and O–H groups in total. The predicted octanol–water partition coefficient (Wildman–Crippen LogP) is 1.71. The molecule has 4 heteroatoms. The Bertz CT molecular complexity index is 332. The molecule has 0 radical (unpaired) electrons. The van der Waals surface area contributed by atoms with Crippen molar-refractivity contribution in [2.24, 2.45) is 5.92 Å². The van der Waals surface area contributed by atoms with Crippen molar-refractivity contribution in [3.63, 3.8) is 0 Å². The third kappa shape index (κ3) is 4.42. The lowest BCUT2D eigenvalue weighted by atomic mass is 9.99. The number of allylic oxidation sites excluding steroid dienone is 2. The maximum absolute atomic E-state index is 6.00. The van der Waals surface area contributed by atoms with Gasteiger partial charge in [0.2, 0.25) is 0 Å². The summed E-state index contributed by atoms with van der Waals surface area (Å²) in [5, 5.41) is 0. The van der Waals surface area contributed by atoms with Crippen molar-refractivity contribution < 1.29 is 18.9 Å². The van der Waals surface area contributed by atoms with Crippen LogP contribution in [0.3, 0.4) is 0 Å². The van der Waals surface area contributed by atoms with Crippen molar-refractivity contribution in [3.05, 3.63) is 24.3 Å². The molecule has 0 spiro atoms. The summed E-state index contributed by atoms with van der Waals surface area (Å²) in [6.45, 7) is 5.19. The van der Waals surface area contributed by atoms with Crippen molar-refractivity contribution in [1.82, 2.24) is 0 Å². The molecule has 0 saturated carbocycles. The summed E-state index contributed by atoms with van der Waals surface area (Å²) in [5.41, 5.74) is 0. The van der Waals surface area contributed by atoms with Crippen LogP contribution in [0.4, 0.5) is 0 Å². The van der Waals surface area contributed by atoms with Crippen molar-refractivity contribution in [1.29, 1.82) is 0 Å². The summed E-state index contributed by atoms with van der Waals surface area (Å²) in [6.07, 6.45) is 10.5. The predicted molar refractivity (Wildman–Crippen MR) is 71.0 cm³/mol. The van der Waals surface area contributed by atoms with Gasteiger partial charge in [0.25, 0.3) is 0 Å². The van der Waals surface area contributed by atoms with E-state index in [4.69, 9.17) is 18.9 Å². The normalized spacial score (nSPS) is 31.6. The zero-order valence-electron chi connectivity index (χ0n) is 11.4. The maximum atomic E-state index is 6.00. The van der Waals surface area contributed by atoms with Crippen molar-refractivity contribution in [3.8, 4) is 0 Å². The first-order chi connectivity index (χ1) is 9.31. The molecule has 3 rings (SSSR count). The molecule has 106 valence electrons. The van der Waals surface area contributed by atoms with Crippen LogP contribution in [0, 0.1) is 5.92 Å². The lowest BCUT2D eigenvalue weighted by molar-refractivity contribution is -0.0270. The van der Waals surface area contributed by atoms with Crippen LogP contribution in [0.5, 0.6) is 0 Å². The molecule has 2 fully saturated rings. The molecule has 2 heterocycles. The molecule has 0 bridgehead atoms. The summed E-state index contributed by atoms with van der Waals surface area (Å²) >= 11 is 0. The monoisotopic (exact) mass is 266 g/mol. The van der Waals surface area contributed by atoms with Gasteiger partial charge in [-0.2, -0.15) is 0 Å². The first kappa shape index (κ1) is 13.3. The zero-order chi connectivity index (χ0) is 13.1. The Kier molecular flexibility index (Phi) is 4.33. The second-order valence-corrected chi connectivity index (χ2v) is 5.51. The van der Waals surface area contributed by atoms with Gasteiger partial charge in [-0.25, -0.2) is 0 Å². The zero-order valence-corrected chi connectivity index (χ0v) is 11.4. The lowest BCUT2D eigenvalue weighted by Gasteiger charge is -2.24. The molecular formula is C15H22O4. The molecule has 0 aromatic heterocycles. The summed E-state index contributed by atoms with van der Waals surface area (Å²) in [7, 11) is 0. The van der Waals surface area contributed by atoms with Gasteiger partial charge in [-0.15, -0.1) is 0 Å². The Balaban J connectivity index is 1.44. The number of rotatable bonds is 9. The quantitative estimate of drug-likeness (QED) is 0.596. The van der Waals surface area contributed by atoms with Gasteiger partial charge in [0.15, 0.2) is 0 Å². The SMILES string of the molecule is CC(CC(OCC1CO1)C1C=CC=C1)OCC1CO1. The van der Waals surface area contributed by atoms with Crippen molar-refractivity contribution in [2.75, 3.05) is 26.4 Å². The van der Waals surface area contributed by atoms with Crippen LogP contribution in [0.1, 0.15) is 13.3 Å². The molecule has 4 atom stereocenters. The minimum Gasteiger partial charge on any atom is -0.376 e. The minimum absolute atomic E-state index is 0.175. The molecule has 2 saturated heterocycles. The topological polar surface area (TPSA) is 43.5 Å². The van der Waals surface area contributed by atoms with Crippen LogP contribution in [-0.4, -0.2) is 50.8 Å². The number of epoxide rings is 2. The van der Waals surface area contributed by atoms with Crippen LogP contribution in [0.15, 0.2) is 24.3 Å². The number of hydrogen-bond donors (Lipinski definition) is 0. The highest BCUT2D eigenvalue weighted by atomic mass is 16.6. The van der Waals surface area contributed by atoms with E-state index >= 15 is 0 Å². The maximum Gasteiger partial charge on any atom is 0.104 e. The average molecular weight is 266 g/mol. The van der Waals surface area contributed by atoms with E-state index in [0.717, 1.165) is 19.6 Å². The van der Waals surface area contributed by atoms with Crippen molar-refractivity contribution >= 4 is 0 Å². The highest BCUT2D eigenvalue weighted by Crippen LogP contribution is 2.24. The fourth-order valence-corrected chi connectivity index (χ4v) is 2.26. The Labute approximate surface area is 114 Å². The van der Waals surface area contributed by atoms with Gasteiger partial charge >= 0.3 is 0 Å². The second kappa shape index (κ2) is 6.18. The molecule has 0 aromatic rings. The van der Waals surface area contributed by atoms with Gasteiger partial charge in [-0.1, -0.05) is 24.3 Å². The van der Waals surface area contributed by atoms with E-state index in [-0.39, 0.29) is 12.2 Å². The Morgan fingerprint density at radius 1 is 1.05 bits per heavy atom. The molecule has 3 aliphatic rings. The average Bonchev–Trinajstić information content (AvgIpc) is 3.33. The molecule has 4 nitrogen and oxygen atoms in total. The van der Waals surface area contributed by atoms with Crippen LogP contribution in [0.25, 0.3) is 0 Å². The summed E-state index contributed by atoms with van der Waals surface area (Å²) in [6, 6.07) is 0. The highest BCUT2D eigenvalue weighted by molar-refractivity contribution is 5.19. The smallest absolute Gasteiger partial charge is 0.104 e. The van der Waals surface area contributed by atoms with Gasteiger partial charge in [-0.05, 0) is 6.92 Å². The largest absolute Gasteiger partial charge is 0.376 e.